The maximum Gasteiger partial charge on any atom is 0.137 e. The number of fused-ring (bicyclic) bond motifs is 1. The summed E-state index contributed by atoms with van der Waals surface area (Å²) in [4.78, 5) is 3.98. The van der Waals surface area contributed by atoms with Gasteiger partial charge < -0.3 is 9.73 Å². The Kier molecular flexibility index (Phi) is 2.77. The molecule has 20 heavy (non-hydrogen) atoms. The Labute approximate surface area is 116 Å². The van der Waals surface area contributed by atoms with Crippen LogP contribution in [0.5, 0.6) is 0 Å². The molecule has 3 aromatic rings. The number of para-hydroxylation sites is 1. The highest BCUT2D eigenvalue weighted by Crippen LogP contribution is 2.28. The van der Waals surface area contributed by atoms with Gasteiger partial charge in [0.2, 0.25) is 0 Å². The molecule has 0 unspecified atom stereocenters. The zero-order valence-electron chi connectivity index (χ0n) is 11.1. The van der Waals surface area contributed by atoms with Crippen LogP contribution in [-0.4, -0.2) is 20.8 Å². The average Bonchev–Trinajstić information content (AvgIpc) is 3.03. The molecular weight excluding hydrogens is 252 g/mol. The lowest BCUT2D eigenvalue weighted by molar-refractivity contribution is 0.499. The van der Waals surface area contributed by atoms with Gasteiger partial charge in [0.25, 0.3) is 0 Å². The third-order valence-corrected chi connectivity index (χ3v) is 3.70. The first kappa shape index (κ1) is 11.7. The maximum absolute atomic E-state index is 6.00. The van der Waals surface area contributed by atoms with Crippen LogP contribution in [-0.2, 0) is 13.1 Å². The van der Waals surface area contributed by atoms with Crippen molar-refractivity contribution in [3.8, 4) is 0 Å². The fourth-order valence-electron chi connectivity index (χ4n) is 2.47. The van der Waals surface area contributed by atoms with Gasteiger partial charge in [0.05, 0.1) is 0 Å². The van der Waals surface area contributed by atoms with Crippen LogP contribution in [0.15, 0.2) is 41.3 Å². The molecule has 0 aliphatic heterocycles. The van der Waals surface area contributed by atoms with Crippen molar-refractivity contribution in [1.82, 2.24) is 20.1 Å². The number of nitrogens with zero attached hydrogens (tertiary/aromatic N) is 3. The van der Waals surface area contributed by atoms with Crippen LogP contribution in [0.3, 0.4) is 0 Å². The minimum Gasteiger partial charge on any atom is -0.459 e. The minimum atomic E-state index is 0.621. The quantitative estimate of drug-likeness (QED) is 0.771. The summed E-state index contributed by atoms with van der Waals surface area (Å²) in [7, 11) is 0. The van der Waals surface area contributed by atoms with Crippen molar-refractivity contribution in [2.45, 2.75) is 32.0 Å². The number of hydrogen-bond donors (Lipinski definition) is 1. The highest BCUT2D eigenvalue weighted by atomic mass is 16.3. The molecule has 1 fully saturated rings. The van der Waals surface area contributed by atoms with Crippen molar-refractivity contribution in [2.24, 2.45) is 0 Å². The molecule has 5 nitrogen and oxygen atoms in total. The molecule has 2 aromatic heterocycles. The Bertz CT molecular complexity index is 713. The van der Waals surface area contributed by atoms with Crippen LogP contribution in [0.25, 0.3) is 11.0 Å². The molecule has 1 aromatic carbocycles. The number of nitrogens with one attached hydrogen (secondary N) is 1. The Hall–Kier alpha value is -2.14. The van der Waals surface area contributed by atoms with Gasteiger partial charge in [0, 0.05) is 23.5 Å². The number of furan rings is 1. The second kappa shape index (κ2) is 4.76. The van der Waals surface area contributed by atoms with Crippen LogP contribution in [0.1, 0.15) is 24.2 Å². The number of hydrogen-bond acceptors (Lipinski definition) is 4. The van der Waals surface area contributed by atoms with Crippen LogP contribution < -0.4 is 5.32 Å². The highest BCUT2D eigenvalue weighted by Gasteiger charge is 2.22. The summed E-state index contributed by atoms with van der Waals surface area (Å²) in [6.45, 7) is 1.47. The summed E-state index contributed by atoms with van der Waals surface area (Å²) in [6.07, 6.45) is 5.83. The van der Waals surface area contributed by atoms with Gasteiger partial charge >= 0.3 is 0 Å². The molecule has 1 aliphatic rings. The van der Waals surface area contributed by atoms with E-state index < -0.39 is 0 Å². The van der Waals surface area contributed by atoms with E-state index in [1.54, 1.807) is 17.3 Å². The Morgan fingerprint density at radius 3 is 3.00 bits per heavy atom. The molecular formula is C15H16N4O. The van der Waals surface area contributed by atoms with E-state index in [9.17, 15) is 0 Å². The first-order chi connectivity index (χ1) is 9.90. The molecule has 4 rings (SSSR count). The van der Waals surface area contributed by atoms with Gasteiger partial charge in [-0.3, -0.25) is 0 Å². The first-order valence-electron chi connectivity index (χ1n) is 6.95. The molecule has 102 valence electrons. The molecule has 1 aliphatic carbocycles. The van der Waals surface area contributed by atoms with E-state index >= 15 is 0 Å². The molecule has 1 N–H and O–H groups in total. The molecule has 0 bridgehead atoms. The zero-order valence-corrected chi connectivity index (χ0v) is 11.1. The largest absolute Gasteiger partial charge is 0.459 e. The van der Waals surface area contributed by atoms with E-state index in [1.165, 1.54) is 23.8 Å². The lowest BCUT2D eigenvalue weighted by Gasteiger charge is -2.04. The van der Waals surface area contributed by atoms with Gasteiger partial charge in [-0.1, -0.05) is 18.2 Å². The summed E-state index contributed by atoms with van der Waals surface area (Å²) in [6, 6.07) is 8.87. The standard InChI is InChI=1S/C15H16N4O/c1-2-4-14-12(3-1)13(7-17-11-5-6-11)15(20-14)8-19-10-16-9-18-19/h1-4,9-11,17H,5-8H2. The topological polar surface area (TPSA) is 55.9 Å². The molecule has 0 saturated heterocycles. The van der Waals surface area contributed by atoms with Gasteiger partial charge in [-0.05, 0) is 18.9 Å². The number of aromatic nitrogens is 3. The monoisotopic (exact) mass is 268 g/mol. The van der Waals surface area contributed by atoms with Crippen molar-refractivity contribution in [2.75, 3.05) is 0 Å². The summed E-state index contributed by atoms with van der Waals surface area (Å²) in [5.41, 5.74) is 2.18. The lowest BCUT2D eigenvalue weighted by atomic mass is 10.1. The fraction of sp³-hybridized carbons (Fsp3) is 0.333. The Morgan fingerprint density at radius 1 is 1.30 bits per heavy atom. The highest BCUT2D eigenvalue weighted by molar-refractivity contribution is 5.82. The molecule has 0 spiro atoms. The Morgan fingerprint density at radius 2 is 2.20 bits per heavy atom. The van der Waals surface area contributed by atoms with Gasteiger partial charge in [0.15, 0.2) is 0 Å². The van der Waals surface area contributed by atoms with Crippen molar-refractivity contribution in [3.63, 3.8) is 0 Å². The molecule has 0 amide bonds. The van der Waals surface area contributed by atoms with E-state index in [0.29, 0.717) is 12.6 Å². The van der Waals surface area contributed by atoms with Crippen molar-refractivity contribution in [1.29, 1.82) is 0 Å². The lowest BCUT2D eigenvalue weighted by Crippen LogP contribution is -2.16. The molecule has 5 heteroatoms. The summed E-state index contributed by atoms with van der Waals surface area (Å²) in [5, 5.41) is 8.91. The van der Waals surface area contributed by atoms with E-state index in [1.807, 2.05) is 12.1 Å². The van der Waals surface area contributed by atoms with E-state index in [0.717, 1.165) is 17.9 Å². The predicted octanol–water partition coefficient (Wildman–Crippen LogP) is 2.32. The SMILES string of the molecule is c1ccc2c(CNC3CC3)c(Cn3cncn3)oc2c1. The second-order valence-electron chi connectivity index (χ2n) is 5.25. The van der Waals surface area contributed by atoms with Gasteiger partial charge in [-0.15, -0.1) is 0 Å². The summed E-state index contributed by atoms with van der Waals surface area (Å²) >= 11 is 0. The first-order valence-corrected chi connectivity index (χ1v) is 6.95. The summed E-state index contributed by atoms with van der Waals surface area (Å²) in [5.74, 6) is 0.963. The van der Waals surface area contributed by atoms with E-state index in [-0.39, 0.29) is 0 Å². The van der Waals surface area contributed by atoms with Crippen LogP contribution in [0, 0.1) is 0 Å². The van der Waals surface area contributed by atoms with Crippen LogP contribution in [0.4, 0.5) is 0 Å². The molecule has 0 radical (unpaired) electrons. The molecule has 0 atom stereocenters. The van der Waals surface area contributed by atoms with Crippen LogP contribution in [0.2, 0.25) is 0 Å². The van der Waals surface area contributed by atoms with Crippen molar-refractivity contribution in [3.05, 3.63) is 48.2 Å². The van der Waals surface area contributed by atoms with Gasteiger partial charge in [-0.25, -0.2) is 9.67 Å². The van der Waals surface area contributed by atoms with Crippen molar-refractivity contribution < 1.29 is 4.42 Å². The average molecular weight is 268 g/mol. The third-order valence-electron chi connectivity index (χ3n) is 3.70. The Balaban J connectivity index is 1.70. The van der Waals surface area contributed by atoms with E-state index in [2.05, 4.69) is 27.5 Å². The van der Waals surface area contributed by atoms with Gasteiger partial charge in [0.1, 0.15) is 30.5 Å². The zero-order chi connectivity index (χ0) is 13.4. The van der Waals surface area contributed by atoms with Crippen LogP contribution >= 0.6 is 0 Å². The second-order valence-corrected chi connectivity index (χ2v) is 5.25. The maximum atomic E-state index is 6.00. The number of rotatable bonds is 5. The fourth-order valence-corrected chi connectivity index (χ4v) is 2.47. The van der Waals surface area contributed by atoms with Gasteiger partial charge in [-0.2, -0.15) is 5.10 Å². The predicted molar refractivity (Wildman–Crippen MR) is 75.2 cm³/mol. The normalized spacial score (nSPS) is 15.0. The molecule has 2 heterocycles. The van der Waals surface area contributed by atoms with Crippen molar-refractivity contribution >= 4 is 11.0 Å². The number of benzene rings is 1. The molecule has 1 saturated carbocycles. The third kappa shape index (κ3) is 2.20. The minimum absolute atomic E-state index is 0.621. The summed E-state index contributed by atoms with van der Waals surface area (Å²) < 4.78 is 7.79. The van der Waals surface area contributed by atoms with E-state index in [4.69, 9.17) is 4.42 Å². The smallest absolute Gasteiger partial charge is 0.137 e.